The van der Waals surface area contributed by atoms with E-state index in [9.17, 15) is 4.79 Å². The molecule has 0 aliphatic carbocycles. The Labute approximate surface area is 109 Å². The summed E-state index contributed by atoms with van der Waals surface area (Å²) >= 11 is 7.70. The van der Waals surface area contributed by atoms with E-state index < -0.39 is 0 Å². The van der Waals surface area contributed by atoms with E-state index in [1.807, 2.05) is 12.1 Å². The van der Waals surface area contributed by atoms with E-state index in [1.54, 1.807) is 22.7 Å². The second-order valence-electron chi connectivity index (χ2n) is 3.76. The topological polar surface area (TPSA) is 58.4 Å². The zero-order valence-corrected chi connectivity index (χ0v) is 10.9. The Kier molecular flexibility index (Phi) is 4.02. The summed E-state index contributed by atoms with van der Waals surface area (Å²) in [5.74, 6) is 0.830. The summed E-state index contributed by atoms with van der Waals surface area (Å²) in [5.41, 5.74) is 6.28. The van der Waals surface area contributed by atoms with Gasteiger partial charge in [0.25, 0.3) is 0 Å². The lowest BCUT2D eigenvalue weighted by Gasteiger charge is -2.13. The smallest absolute Gasteiger partial charge is 0.317 e. The van der Waals surface area contributed by atoms with Gasteiger partial charge in [-0.3, -0.25) is 0 Å². The van der Waals surface area contributed by atoms with Crippen LogP contribution >= 0.6 is 23.4 Å². The molecular formula is C11H14ClN3OS. The second-order valence-corrected chi connectivity index (χ2v) is 5.30. The van der Waals surface area contributed by atoms with E-state index in [0.29, 0.717) is 10.7 Å². The zero-order chi connectivity index (χ0) is 12.3. The van der Waals surface area contributed by atoms with Crippen molar-refractivity contribution in [3.63, 3.8) is 0 Å². The van der Waals surface area contributed by atoms with Crippen molar-refractivity contribution in [1.29, 1.82) is 0 Å². The lowest BCUT2D eigenvalue weighted by atomic mass is 10.3. The van der Waals surface area contributed by atoms with Gasteiger partial charge in [0.05, 0.1) is 5.02 Å². The summed E-state index contributed by atoms with van der Waals surface area (Å²) in [4.78, 5) is 14.1. The van der Waals surface area contributed by atoms with Crippen LogP contribution < -0.4 is 11.1 Å². The first kappa shape index (κ1) is 12.4. The minimum absolute atomic E-state index is 0.0222. The molecule has 3 N–H and O–H groups in total. The summed E-state index contributed by atoms with van der Waals surface area (Å²) < 4.78 is 0. The molecule has 2 amide bonds. The van der Waals surface area contributed by atoms with Crippen molar-refractivity contribution in [2.45, 2.75) is 4.90 Å². The molecule has 0 aromatic heterocycles. The summed E-state index contributed by atoms with van der Waals surface area (Å²) in [6, 6.07) is 5.50. The summed E-state index contributed by atoms with van der Waals surface area (Å²) in [6.45, 7) is 2.26. The van der Waals surface area contributed by atoms with Crippen LogP contribution in [0.25, 0.3) is 0 Å². The number of anilines is 1. The first-order valence-corrected chi connectivity index (χ1v) is 6.74. The zero-order valence-electron chi connectivity index (χ0n) is 9.28. The maximum Gasteiger partial charge on any atom is 0.317 e. The number of nitrogens with zero attached hydrogens (tertiary/aromatic N) is 1. The minimum atomic E-state index is 0.0222. The molecule has 0 unspecified atom stereocenters. The molecule has 0 atom stereocenters. The third-order valence-electron chi connectivity index (χ3n) is 2.52. The van der Waals surface area contributed by atoms with Crippen LogP contribution in [0.4, 0.5) is 10.5 Å². The molecule has 4 nitrogen and oxygen atoms in total. The Morgan fingerprint density at radius 2 is 2.35 bits per heavy atom. The molecule has 1 fully saturated rings. The van der Waals surface area contributed by atoms with Crippen LogP contribution in [0.3, 0.4) is 0 Å². The van der Waals surface area contributed by atoms with Crippen molar-refractivity contribution in [2.75, 3.05) is 31.1 Å². The van der Waals surface area contributed by atoms with Crippen molar-refractivity contribution in [1.82, 2.24) is 10.2 Å². The van der Waals surface area contributed by atoms with Crippen molar-refractivity contribution in [3.05, 3.63) is 23.2 Å². The third-order valence-corrected chi connectivity index (χ3v) is 4.00. The molecule has 92 valence electrons. The maximum atomic E-state index is 11.3. The highest BCUT2D eigenvalue weighted by molar-refractivity contribution is 7.99. The lowest BCUT2D eigenvalue weighted by molar-refractivity contribution is 0.220. The van der Waals surface area contributed by atoms with Crippen LogP contribution in [0.5, 0.6) is 0 Å². The Hall–Kier alpha value is -1.07. The quantitative estimate of drug-likeness (QED) is 0.651. The predicted molar refractivity (Wildman–Crippen MR) is 71.6 cm³/mol. The van der Waals surface area contributed by atoms with Gasteiger partial charge in [-0.05, 0) is 18.2 Å². The largest absolute Gasteiger partial charge is 0.399 e. The van der Waals surface area contributed by atoms with Crippen LogP contribution in [-0.4, -0.2) is 36.3 Å². The van der Waals surface area contributed by atoms with Gasteiger partial charge in [-0.15, -0.1) is 11.8 Å². The van der Waals surface area contributed by atoms with Crippen LogP contribution in [-0.2, 0) is 0 Å². The molecule has 1 aliphatic rings. The fourth-order valence-electron chi connectivity index (χ4n) is 1.62. The summed E-state index contributed by atoms with van der Waals surface area (Å²) in [5, 5.41) is 3.44. The molecule has 0 bridgehead atoms. The molecule has 1 heterocycles. The highest BCUT2D eigenvalue weighted by atomic mass is 35.5. The number of rotatable bonds is 4. The van der Waals surface area contributed by atoms with Gasteiger partial charge in [-0.25, -0.2) is 4.79 Å². The fourth-order valence-corrected chi connectivity index (χ4v) is 2.87. The SMILES string of the molecule is Nc1ccc(SCCN2CCNC2=O)c(Cl)c1. The first-order valence-electron chi connectivity index (χ1n) is 5.37. The molecule has 1 aliphatic heterocycles. The number of thioether (sulfide) groups is 1. The van der Waals surface area contributed by atoms with Crippen molar-refractivity contribution in [3.8, 4) is 0 Å². The molecule has 2 rings (SSSR count). The Balaban J connectivity index is 1.83. The van der Waals surface area contributed by atoms with Crippen LogP contribution in [0, 0.1) is 0 Å². The summed E-state index contributed by atoms with van der Waals surface area (Å²) in [7, 11) is 0. The molecule has 1 aromatic rings. The van der Waals surface area contributed by atoms with Gasteiger partial charge in [0, 0.05) is 36.0 Å². The highest BCUT2D eigenvalue weighted by Crippen LogP contribution is 2.28. The molecule has 6 heteroatoms. The van der Waals surface area contributed by atoms with Crippen molar-refractivity contribution < 1.29 is 4.79 Å². The first-order chi connectivity index (χ1) is 8.16. The van der Waals surface area contributed by atoms with Gasteiger partial charge in [-0.1, -0.05) is 11.6 Å². The number of carbonyl (C=O) groups is 1. The van der Waals surface area contributed by atoms with Gasteiger partial charge >= 0.3 is 6.03 Å². The average molecular weight is 272 g/mol. The Morgan fingerprint density at radius 3 is 3.00 bits per heavy atom. The van der Waals surface area contributed by atoms with Gasteiger partial charge in [0.15, 0.2) is 0 Å². The van der Waals surface area contributed by atoms with Crippen LogP contribution in [0.15, 0.2) is 23.1 Å². The number of nitrogens with one attached hydrogen (secondary N) is 1. The number of hydrogen-bond acceptors (Lipinski definition) is 3. The molecule has 1 saturated heterocycles. The number of urea groups is 1. The number of hydrogen-bond donors (Lipinski definition) is 2. The van der Waals surface area contributed by atoms with E-state index in [1.165, 1.54) is 0 Å². The number of halogens is 1. The lowest BCUT2D eigenvalue weighted by Crippen LogP contribution is -2.30. The normalized spacial score (nSPS) is 15.1. The molecular weight excluding hydrogens is 258 g/mol. The monoisotopic (exact) mass is 271 g/mol. The molecule has 0 spiro atoms. The molecule has 17 heavy (non-hydrogen) atoms. The van der Waals surface area contributed by atoms with E-state index >= 15 is 0 Å². The number of nitrogens with two attached hydrogens (primary N) is 1. The Morgan fingerprint density at radius 1 is 1.53 bits per heavy atom. The molecule has 0 saturated carbocycles. The molecule has 1 aromatic carbocycles. The number of amides is 2. The summed E-state index contributed by atoms with van der Waals surface area (Å²) in [6.07, 6.45) is 0. The second kappa shape index (κ2) is 5.51. The van der Waals surface area contributed by atoms with Crippen LogP contribution in [0.1, 0.15) is 0 Å². The van der Waals surface area contributed by atoms with E-state index in [-0.39, 0.29) is 6.03 Å². The van der Waals surface area contributed by atoms with Crippen LogP contribution in [0.2, 0.25) is 5.02 Å². The molecule has 0 radical (unpaired) electrons. The van der Waals surface area contributed by atoms with Gasteiger partial charge in [0.1, 0.15) is 0 Å². The average Bonchev–Trinajstić information content (AvgIpc) is 2.68. The van der Waals surface area contributed by atoms with E-state index in [2.05, 4.69) is 5.32 Å². The minimum Gasteiger partial charge on any atom is -0.399 e. The number of nitrogen functional groups attached to an aromatic ring is 1. The van der Waals surface area contributed by atoms with E-state index in [4.69, 9.17) is 17.3 Å². The van der Waals surface area contributed by atoms with Crippen molar-refractivity contribution >= 4 is 35.1 Å². The fraction of sp³-hybridized carbons (Fsp3) is 0.364. The Bertz CT molecular complexity index is 427. The highest BCUT2D eigenvalue weighted by Gasteiger charge is 2.18. The van der Waals surface area contributed by atoms with Gasteiger partial charge in [0.2, 0.25) is 0 Å². The van der Waals surface area contributed by atoms with Gasteiger partial charge < -0.3 is 16.0 Å². The maximum absolute atomic E-state index is 11.3. The number of benzene rings is 1. The van der Waals surface area contributed by atoms with Crippen molar-refractivity contribution in [2.24, 2.45) is 0 Å². The predicted octanol–water partition coefficient (Wildman–Crippen LogP) is 2.04. The third kappa shape index (κ3) is 3.20. The van der Waals surface area contributed by atoms with Gasteiger partial charge in [-0.2, -0.15) is 0 Å². The van der Waals surface area contributed by atoms with E-state index in [0.717, 1.165) is 30.3 Å². The standard InChI is InChI=1S/C11H14ClN3OS/c12-9-7-8(13)1-2-10(9)17-6-5-15-4-3-14-11(15)16/h1-2,7H,3-6,13H2,(H,14,16). The number of carbonyl (C=O) groups excluding carboxylic acids is 1.